The Morgan fingerprint density at radius 2 is 1.93 bits per heavy atom. The Morgan fingerprint density at radius 1 is 1.27 bits per heavy atom. The summed E-state index contributed by atoms with van der Waals surface area (Å²) >= 11 is 0. The molecule has 0 amide bonds. The van der Waals surface area contributed by atoms with E-state index < -0.39 is 0 Å². The molecule has 0 radical (unpaired) electrons. The monoisotopic (exact) mass is 207 g/mol. The molecule has 0 saturated heterocycles. The zero-order valence-electron chi connectivity index (χ0n) is 9.70. The molecule has 2 heteroatoms. The van der Waals surface area contributed by atoms with Gasteiger partial charge in [0.1, 0.15) is 5.75 Å². The highest BCUT2D eigenvalue weighted by Gasteiger charge is 2.05. The predicted molar refractivity (Wildman–Crippen MR) is 64.1 cm³/mol. The minimum atomic E-state index is 0.483. The molecule has 0 fully saturated rings. The molecule has 0 heterocycles. The van der Waals surface area contributed by atoms with E-state index in [4.69, 9.17) is 10.5 Å². The Bertz CT molecular complexity index is 268. The van der Waals surface area contributed by atoms with Crippen LogP contribution in [-0.2, 0) is 0 Å². The first kappa shape index (κ1) is 12.1. The third-order valence-electron chi connectivity index (χ3n) is 2.54. The van der Waals surface area contributed by atoms with E-state index in [0.29, 0.717) is 12.5 Å². The van der Waals surface area contributed by atoms with E-state index in [1.165, 1.54) is 12.0 Å². The Labute approximate surface area is 92.4 Å². The summed E-state index contributed by atoms with van der Waals surface area (Å²) in [6.45, 7) is 5.69. The molecule has 84 valence electrons. The summed E-state index contributed by atoms with van der Waals surface area (Å²) in [5, 5.41) is 0. The van der Waals surface area contributed by atoms with Gasteiger partial charge in [-0.1, -0.05) is 31.0 Å². The first-order chi connectivity index (χ1) is 7.26. The van der Waals surface area contributed by atoms with Crippen LogP contribution in [0.2, 0.25) is 0 Å². The Hall–Kier alpha value is -1.02. The van der Waals surface area contributed by atoms with Crippen molar-refractivity contribution in [1.82, 2.24) is 0 Å². The van der Waals surface area contributed by atoms with Crippen LogP contribution in [0.4, 0.5) is 0 Å². The number of ether oxygens (including phenoxy) is 1. The lowest BCUT2D eigenvalue weighted by atomic mass is 10.1. The molecule has 0 aliphatic heterocycles. The van der Waals surface area contributed by atoms with E-state index in [-0.39, 0.29) is 0 Å². The fourth-order valence-electron chi connectivity index (χ4n) is 1.53. The van der Waals surface area contributed by atoms with Gasteiger partial charge in [-0.15, -0.1) is 0 Å². The second-order valence-corrected chi connectivity index (χ2v) is 4.01. The molecule has 1 aromatic carbocycles. The van der Waals surface area contributed by atoms with Crippen LogP contribution < -0.4 is 10.5 Å². The van der Waals surface area contributed by atoms with Crippen LogP contribution in [0.3, 0.4) is 0 Å². The maximum absolute atomic E-state index is 5.69. The standard InChI is InChI=1S/C13H21NO/c1-3-4-12(9-14)10-15-13-7-5-11(2)6-8-13/h5-8,12H,3-4,9-10,14H2,1-2H3. The third kappa shape index (κ3) is 4.34. The van der Waals surface area contributed by atoms with Crippen LogP contribution in [0.15, 0.2) is 24.3 Å². The fourth-order valence-corrected chi connectivity index (χ4v) is 1.53. The number of benzene rings is 1. The molecular formula is C13H21NO. The fraction of sp³-hybridized carbons (Fsp3) is 0.538. The normalized spacial score (nSPS) is 12.5. The van der Waals surface area contributed by atoms with E-state index in [1.807, 2.05) is 12.1 Å². The largest absolute Gasteiger partial charge is 0.493 e. The lowest BCUT2D eigenvalue weighted by molar-refractivity contribution is 0.243. The van der Waals surface area contributed by atoms with E-state index >= 15 is 0 Å². The lowest BCUT2D eigenvalue weighted by Gasteiger charge is -2.14. The van der Waals surface area contributed by atoms with Crippen molar-refractivity contribution in [2.45, 2.75) is 26.7 Å². The Balaban J connectivity index is 2.38. The lowest BCUT2D eigenvalue weighted by Crippen LogP contribution is -2.21. The van der Waals surface area contributed by atoms with E-state index in [2.05, 4.69) is 26.0 Å². The van der Waals surface area contributed by atoms with Crippen molar-refractivity contribution >= 4 is 0 Å². The van der Waals surface area contributed by atoms with Crippen LogP contribution in [0.1, 0.15) is 25.3 Å². The number of hydrogen-bond donors (Lipinski definition) is 1. The van der Waals surface area contributed by atoms with Crippen molar-refractivity contribution in [1.29, 1.82) is 0 Å². The Kier molecular flexibility index (Phi) is 5.19. The Morgan fingerprint density at radius 3 is 2.47 bits per heavy atom. The van der Waals surface area contributed by atoms with Crippen molar-refractivity contribution in [2.75, 3.05) is 13.2 Å². The molecule has 1 aromatic rings. The van der Waals surface area contributed by atoms with Crippen molar-refractivity contribution in [3.8, 4) is 5.75 Å². The van der Waals surface area contributed by atoms with Gasteiger partial charge >= 0.3 is 0 Å². The molecule has 15 heavy (non-hydrogen) atoms. The van der Waals surface area contributed by atoms with Gasteiger partial charge in [-0.2, -0.15) is 0 Å². The zero-order chi connectivity index (χ0) is 11.1. The highest BCUT2D eigenvalue weighted by Crippen LogP contribution is 2.13. The molecule has 0 bridgehead atoms. The molecule has 0 spiro atoms. The minimum Gasteiger partial charge on any atom is -0.493 e. The van der Waals surface area contributed by atoms with Crippen LogP contribution in [0.5, 0.6) is 5.75 Å². The van der Waals surface area contributed by atoms with Gasteiger partial charge in [-0.25, -0.2) is 0 Å². The third-order valence-corrected chi connectivity index (χ3v) is 2.54. The topological polar surface area (TPSA) is 35.2 Å². The van der Waals surface area contributed by atoms with E-state index in [0.717, 1.165) is 18.8 Å². The summed E-state index contributed by atoms with van der Waals surface area (Å²) in [5.74, 6) is 1.42. The molecule has 2 N–H and O–H groups in total. The van der Waals surface area contributed by atoms with Gasteiger partial charge in [0.25, 0.3) is 0 Å². The van der Waals surface area contributed by atoms with Crippen molar-refractivity contribution in [3.63, 3.8) is 0 Å². The van der Waals surface area contributed by atoms with Gasteiger partial charge in [-0.05, 0) is 32.0 Å². The SMILES string of the molecule is CCCC(CN)COc1ccc(C)cc1. The number of aryl methyl sites for hydroxylation is 1. The molecule has 0 aliphatic rings. The van der Waals surface area contributed by atoms with Gasteiger partial charge in [0.05, 0.1) is 6.61 Å². The van der Waals surface area contributed by atoms with Crippen molar-refractivity contribution < 1.29 is 4.74 Å². The van der Waals surface area contributed by atoms with Crippen LogP contribution in [-0.4, -0.2) is 13.2 Å². The van der Waals surface area contributed by atoms with Gasteiger partial charge in [0.15, 0.2) is 0 Å². The van der Waals surface area contributed by atoms with Crippen LogP contribution in [0, 0.1) is 12.8 Å². The molecule has 2 nitrogen and oxygen atoms in total. The highest BCUT2D eigenvalue weighted by molar-refractivity contribution is 5.26. The van der Waals surface area contributed by atoms with Crippen molar-refractivity contribution in [2.24, 2.45) is 11.7 Å². The van der Waals surface area contributed by atoms with Gasteiger partial charge < -0.3 is 10.5 Å². The van der Waals surface area contributed by atoms with Gasteiger partial charge in [0, 0.05) is 5.92 Å². The molecule has 1 rings (SSSR count). The number of nitrogens with two attached hydrogens (primary N) is 1. The second-order valence-electron chi connectivity index (χ2n) is 4.01. The van der Waals surface area contributed by atoms with E-state index in [1.54, 1.807) is 0 Å². The smallest absolute Gasteiger partial charge is 0.119 e. The van der Waals surface area contributed by atoms with Gasteiger partial charge in [0.2, 0.25) is 0 Å². The average Bonchev–Trinajstić information content (AvgIpc) is 2.26. The van der Waals surface area contributed by atoms with E-state index in [9.17, 15) is 0 Å². The highest BCUT2D eigenvalue weighted by atomic mass is 16.5. The molecule has 0 aromatic heterocycles. The quantitative estimate of drug-likeness (QED) is 0.778. The van der Waals surface area contributed by atoms with Crippen LogP contribution >= 0.6 is 0 Å². The summed E-state index contributed by atoms with van der Waals surface area (Å²) in [4.78, 5) is 0. The van der Waals surface area contributed by atoms with Crippen LogP contribution in [0.25, 0.3) is 0 Å². The maximum Gasteiger partial charge on any atom is 0.119 e. The minimum absolute atomic E-state index is 0.483. The summed E-state index contributed by atoms with van der Waals surface area (Å²) < 4.78 is 5.69. The van der Waals surface area contributed by atoms with Crippen molar-refractivity contribution in [3.05, 3.63) is 29.8 Å². The summed E-state index contributed by atoms with van der Waals surface area (Å²) in [5.41, 5.74) is 6.92. The summed E-state index contributed by atoms with van der Waals surface area (Å²) in [7, 11) is 0. The number of hydrogen-bond acceptors (Lipinski definition) is 2. The first-order valence-electron chi connectivity index (χ1n) is 5.65. The first-order valence-corrected chi connectivity index (χ1v) is 5.65. The predicted octanol–water partition coefficient (Wildman–Crippen LogP) is 2.75. The summed E-state index contributed by atoms with van der Waals surface area (Å²) in [6, 6.07) is 8.14. The zero-order valence-corrected chi connectivity index (χ0v) is 9.70. The molecule has 0 saturated carbocycles. The van der Waals surface area contributed by atoms with Gasteiger partial charge in [-0.3, -0.25) is 0 Å². The summed E-state index contributed by atoms with van der Waals surface area (Å²) in [6.07, 6.45) is 2.31. The maximum atomic E-state index is 5.69. The second kappa shape index (κ2) is 6.46. The average molecular weight is 207 g/mol. The molecule has 0 aliphatic carbocycles. The number of rotatable bonds is 6. The molecule has 1 atom stereocenters. The molecule has 1 unspecified atom stereocenters. The molecular weight excluding hydrogens is 186 g/mol.